The van der Waals surface area contributed by atoms with Crippen LogP contribution in [0.4, 0.5) is 0 Å². The molecule has 1 aliphatic carbocycles. The normalized spacial score (nSPS) is 33.0. The van der Waals surface area contributed by atoms with E-state index in [1.54, 1.807) is 0 Å². The molecule has 0 spiro atoms. The van der Waals surface area contributed by atoms with E-state index in [1.807, 2.05) is 0 Å². The first-order chi connectivity index (χ1) is 6.75. The van der Waals surface area contributed by atoms with Gasteiger partial charge in [-0.3, -0.25) is 0 Å². The minimum absolute atomic E-state index is 0.356. The zero-order valence-electron chi connectivity index (χ0n) is 9.07. The molecule has 0 N–H and O–H groups in total. The summed E-state index contributed by atoms with van der Waals surface area (Å²) in [6.07, 6.45) is 9.94. The Morgan fingerprint density at radius 2 is 1.93 bits per heavy atom. The van der Waals surface area contributed by atoms with Gasteiger partial charge in [-0.05, 0) is 32.8 Å². The van der Waals surface area contributed by atoms with Crippen molar-refractivity contribution in [2.75, 3.05) is 13.1 Å². The molecule has 14 heavy (non-hydrogen) atoms. The molecule has 1 fully saturated rings. The standard InChI is InChI=1S/C12H19NO/c1-10-8-13(9-11(2)14-10)12-6-4-3-5-7-12/h4,6-7,10-11H,3,5,8-9H2,1-2H3. The first kappa shape index (κ1) is 9.78. The lowest BCUT2D eigenvalue weighted by atomic mass is 10.1. The number of hydrogen-bond acceptors (Lipinski definition) is 2. The minimum atomic E-state index is 0.356. The molecule has 78 valence electrons. The van der Waals surface area contributed by atoms with Gasteiger partial charge >= 0.3 is 0 Å². The number of hydrogen-bond donors (Lipinski definition) is 0. The monoisotopic (exact) mass is 193 g/mol. The third kappa shape index (κ3) is 2.18. The molecule has 0 saturated carbocycles. The van der Waals surface area contributed by atoms with Crippen LogP contribution in [-0.2, 0) is 4.74 Å². The van der Waals surface area contributed by atoms with Crippen molar-refractivity contribution in [3.8, 4) is 0 Å². The Balaban J connectivity index is 2.02. The van der Waals surface area contributed by atoms with E-state index in [0.717, 1.165) is 13.1 Å². The van der Waals surface area contributed by atoms with Gasteiger partial charge in [0, 0.05) is 18.8 Å². The topological polar surface area (TPSA) is 12.5 Å². The van der Waals surface area contributed by atoms with Crippen LogP contribution >= 0.6 is 0 Å². The lowest BCUT2D eigenvalue weighted by molar-refractivity contribution is -0.0568. The van der Waals surface area contributed by atoms with Gasteiger partial charge in [-0.15, -0.1) is 0 Å². The van der Waals surface area contributed by atoms with E-state index >= 15 is 0 Å². The van der Waals surface area contributed by atoms with E-state index in [1.165, 1.54) is 18.5 Å². The highest BCUT2D eigenvalue weighted by atomic mass is 16.5. The van der Waals surface area contributed by atoms with Crippen molar-refractivity contribution in [1.29, 1.82) is 0 Å². The molecule has 0 aromatic heterocycles. The molecule has 2 rings (SSSR count). The molecule has 0 aromatic rings. The summed E-state index contributed by atoms with van der Waals surface area (Å²) >= 11 is 0. The summed E-state index contributed by atoms with van der Waals surface area (Å²) < 4.78 is 5.71. The molecule has 0 bridgehead atoms. The highest BCUT2D eigenvalue weighted by molar-refractivity contribution is 5.21. The van der Waals surface area contributed by atoms with Gasteiger partial charge in [0.15, 0.2) is 0 Å². The maximum absolute atomic E-state index is 5.71. The van der Waals surface area contributed by atoms with Crippen molar-refractivity contribution in [2.45, 2.75) is 38.9 Å². The van der Waals surface area contributed by atoms with Crippen molar-refractivity contribution in [3.63, 3.8) is 0 Å². The predicted octanol–water partition coefficient (Wildman–Crippen LogP) is 2.33. The van der Waals surface area contributed by atoms with Gasteiger partial charge in [-0.1, -0.05) is 12.2 Å². The van der Waals surface area contributed by atoms with Crippen molar-refractivity contribution >= 4 is 0 Å². The summed E-state index contributed by atoms with van der Waals surface area (Å²) in [6.45, 7) is 6.35. The molecule has 0 aromatic carbocycles. The van der Waals surface area contributed by atoms with Gasteiger partial charge in [-0.25, -0.2) is 0 Å². The lowest BCUT2D eigenvalue weighted by Crippen LogP contribution is -2.44. The first-order valence-electron chi connectivity index (χ1n) is 5.53. The fourth-order valence-electron chi connectivity index (χ4n) is 2.22. The van der Waals surface area contributed by atoms with Crippen LogP contribution in [0.5, 0.6) is 0 Å². The smallest absolute Gasteiger partial charge is 0.0726 e. The quantitative estimate of drug-likeness (QED) is 0.633. The second-order valence-electron chi connectivity index (χ2n) is 4.27. The second-order valence-corrected chi connectivity index (χ2v) is 4.27. The summed E-state index contributed by atoms with van der Waals surface area (Å²) in [5, 5.41) is 0. The number of nitrogens with zero attached hydrogens (tertiary/aromatic N) is 1. The maximum atomic E-state index is 5.71. The Kier molecular flexibility index (Phi) is 2.92. The molecule has 0 amide bonds. The Hall–Kier alpha value is -0.760. The summed E-state index contributed by atoms with van der Waals surface area (Å²) in [4.78, 5) is 2.44. The van der Waals surface area contributed by atoms with E-state index in [4.69, 9.17) is 4.74 Å². The summed E-state index contributed by atoms with van der Waals surface area (Å²) in [5.74, 6) is 0. The van der Waals surface area contributed by atoms with Gasteiger partial charge in [0.1, 0.15) is 0 Å². The molecule has 0 radical (unpaired) electrons. The Bertz CT molecular complexity index is 247. The van der Waals surface area contributed by atoms with E-state index in [9.17, 15) is 0 Å². The fourth-order valence-corrected chi connectivity index (χ4v) is 2.22. The molecule has 2 nitrogen and oxygen atoms in total. The van der Waals surface area contributed by atoms with Crippen molar-refractivity contribution in [3.05, 3.63) is 23.9 Å². The number of ether oxygens (including phenoxy) is 1. The van der Waals surface area contributed by atoms with Crippen LogP contribution in [0, 0.1) is 0 Å². The second kappa shape index (κ2) is 4.18. The summed E-state index contributed by atoms with van der Waals surface area (Å²) in [5.41, 5.74) is 1.39. The molecule has 1 heterocycles. The van der Waals surface area contributed by atoms with Crippen LogP contribution in [0.15, 0.2) is 23.9 Å². The predicted molar refractivity (Wildman–Crippen MR) is 58.0 cm³/mol. The van der Waals surface area contributed by atoms with Crippen molar-refractivity contribution < 1.29 is 4.74 Å². The van der Waals surface area contributed by atoms with Crippen LogP contribution in [0.1, 0.15) is 26.7 Å². The molecule has 1 saturated heterocycles. The first-order valence-corrected chi connectivity index (χ1v) is 5.53. The Morgan fingerprint density at radius 3 is 2.50 bits per heavy atom. The van der Waals surface area contributed by atoms with Gasteiger partial charge in [0.05, 0.1) is 12.2 Å². The Morgan fingerprint density at radius 1 is 1.21 bits per heavy atom. The van der Waals surface area contributed by atoms with E-state index in [2.05, 4.69) is 37.0 Å². The van der Waals surface area contributed by atoms with Crippen molar-refractivity contribution in [1.82, 2.24) is 4.90 Å². The SMILES string of the molecule is CC1CN(C2=CCCC=C2)CC(C)O1. The molecule has 1 aliphatic heterocycles. The van der Waals surface area contributed by atoms with E-state index in [0.29, 0.717) is 12.2 Å². The van der Waals surface area contributed by atoms with Crippen molar-refractivity contribution in [2.24, 2.45) is 0 Å². The fraction of sp³-hybridized carbons (Fsp3) is 0.667. The third-order valence-electron chi connectivity index (χ3n) is 2.76. The van der Waals surface area contributed by atoms with Gasteiger partial charge in [0.25, 0.3) is 0 Å². The molecule has 2 aliphatic rings. The third-order valence-corrected chi connectivity index (χ3v) is 2.76. The zero-order chi connectivity index (χ0) is 9.97. The number of rotatable bonds is 1. The van der Waals surface area contributed by atoms with E-state index < -0.39 is 0 Å². The van der Waals surface area contributed by atoms with E-state index in [-0.39, 0.29) is 0 Å². The van der Waals surface area contributed by atoms with Gasteiger partial charge in [0.2, 0.25) is 0 Å². The summed E-state index contributed by atoms with van der Waals surface area (Å²) in [6, 6.07) is 0. The molecular weight excluding hydrogens is 174 g/mol. The van der Waals surface area contributed by atoms with Gasteiger partial charge in [-0.2, -0.15) is 0 Å². The molecule has 2 atom stereocenters. The molecular formula is C12H19NO. The van der Waals surface area contributed by atoms with Crippen LogP contribution < -0.4 is 0 Å². The summed E-state index contributed by atoms with van der Waals surface area (Å²) in [7, 11) is 0. The van der Waals surface area contributed by atoms with Gasteiger partial charge < -0.3 is 9.64 Å². The molecule has 2 unspecified atom stereocenters. The minimum Gasteiger partial charge on any atom is -0.372 e. The lowest BCUT2D eigenvalue weighted by Gasteiger charge is -2.37. The highest BCUT2D eigenvalue weighted by Crippen LogP contribution is 2.19. The number of morpholine rings is 1. The Labute approximate surface area is 86.2 Å². The van der Waals surface area contributed by atoms with Crippen LogP contribution in [0.25, 0.3) is 0 Å². The van der Waals surface area contributed by atoms with Crippen LogP contribution in [0.2, 0.25) is 0 Å². The van der Waals surface area contributed by atoms with Crippen LogP contribution in [-0.4, -0.2) is 30.2 Å². The van der Waals surface area contributed by atoms with Crippen LogP contribution in [0.3, 0.4) is 0 Å². The largest absolute Gasteiger partial charge is 0.372 e. The average Bonchev–Trinajstić information content (AvgIpc) is 2.18. The highest BCUT2D eigenvalue weighted by Gasteiger charge is 2.22. The number of allylic oxidation sites excluding steroid dienone is 3. The molecule has 2 heteroatoms. The average molecular weight is 193 g/mol. The maximum Gasteiger partial charge on any atom is 0.0726 e. The zero-order valence-corrected chi connectivity index (χ0v) is 9.07.